The van der Waals surface area contributed by atoms with Gasteiger partial charge in [0.15, 0.2) is 10.5 Å². The molecular formula is C25H23N3O6S. The number of aromatic carboxylic acids is 1. The molecule has 0 saturated heterocycles. The quantitative estimate of drug-likeness (QED) is 0.141. The fraction of sp³-hybridized carbons (Fsp3) is 0.160. The van der Waals surface area contributed by atoms with Crippen molar-refractivity contribution in [3.05, 3.63) is 70.4 Å². The van der Waals surface area contributed by atoms with Gasteiger partial charge in [0.25, 0.3) is 0 Å². The van der Waals surface area contributed by atoms with Crippen molar-refractivity contribution in [1.82, 2.24) is 5.32 Å². The summed E-state index contributed by atoms with van der Waals surface area (Å²) in [5.74, 6) is -0.873. The number of hydrogen-bond acceptors (Lipinski definition) is 7. The zero-order valence-corrected chi connectivity index (χ0v) is 19.4. The van der Waals surface area contributed by atoms with Gasteiger partial charge in [0, 0.05) is 47.4 Å². The molecule has 0 aromatic heterocycles. The number of ether oxygens (including phenoxy) is 1. The lowest BCUT2D eigenvalue weighted by Gasteiger charge is -2.18. The van der Waals surface area contributed by atoms with Gasteiger partial charge in [-0.3, -0.25) is 4.79 Å². The van der Waals surface area contributed by atoms with E-state index in [4.69, 9.17) is 27.1 Å². The fourth-order valence-corrected chi connectivity index (χ4v) is 3.98. The molecule has 2 aromatic carbocycles. The van der Waals surface area contributed by atoms with Crippen molar-refractivity contribution in [2.45, 2.75) is 0 Å². The van der Waals surface area contributed by atoms with Crippen LogP contribution in [0, 0.1) is 0 Å². The summed E-state index contributed by atoms with van der Waals surface area (Å²) in [5, 5.41) is 26.8. The molecule has 2 aliphatic rings. The first-order chi connectivity index (χ1) is 16.9. The van der Waals surface area contributed by atoms with Crippen LogP contribution in [0.2, 0.25) is 0 Å². The number of fused-ring (bicyclic) bond motifs is 2. The molecule has 9 nitrogen and oxygen atoms in total. The van der Waals surface area contributed by atoms with Gasteiger partial charge < -0.3 is 35.7 Å². The number of nitrogens with two attached hydrogens (primary N) is 1. The van der Waals surface area contributed by atoms with Crippen LogP contribution in [0.3, 0.4) is 0 Å². The Morgan fingerprint density at radius 3 is 2.63 bits per heavy atom. The number of nitrogens with one attached hydrogen (secondary N) is 2. The summed E-state index contributed by atoms with van der Waals surface area (Å²) < 4.78 is 11.1. The van der Waals surface area contributed by atoms with Crippen LogP contribution in [-0.2, 0) is 4.74 Å². The van der Waals surface area contributed by atoms with Crippen LogP contribution in [0.25, 0.3) is 33.4 Å². The van der Waals surface area contributed by atoms with Gasteiger partial charge >= 0.3 is 5.97 Å². The predicted octanol–water partition coefficient (Wildman–Crippen LogP) is 3.23. The maximum atomic E-state index is 12.3. The lowest BCUT2D eigenvalue weighted by molar-refractivity contribution is 0.0697. The summed E-state index contributed by atoms with van der Waals surface area (Å²) in [4.78, 5) is 24.2. The molecule has 6 N–H and O–H groups in total. The molecule has 4 rings (SSSR count). The third-order valence-corrected chi connectivity index (χ3v) is 5.49. The minimum Gasteiger partial charge on any atom is -0.508 e. The molecule has 0 spiro atoms. The molecule has 0 radical (unpaired) electrons. The maximum absolute atomic E-state index is 12.3. The normalized spacial score (nSPS) is 11.0. The Labute approximate surface area is 205 Å². The van der Waals surface area contributed by atoms with Crippen LogP contribution in [-0.4, -0.2) is 47.6 Å². The SMILES string of the molecule is NCCOCCNC(=S)Nc1ccc(-c2c3ccc(=O)cc-3oc3cc(O)ccc23)c(C(=O)O)c1. The maximum Gasteiger partial charge on any atom is 0.336 e. The standard InChI is InChI=1S/C25H23N3O6S/c26-7-9-33-10-8-27-25(35)28-14-1-4-17(20(11-14)24(31)32)23-18-5-2-15(29)12-21(18)34-22-13-16(30)3-6-19(22)23/h1-6,11-13,29H,7-10,26H2,(H,31,32)(H2,27,28,35). The highest BCUT2D eigenvalue weighted by atomic mass is 32.1. The summed E-state index contributed by atoms with van der Waals surface area (Å²) in [6.07, 6.45) is 0. The summed E-state index contributed by atoms with van der Waals surface area (Å²) >= 11 is 5.28. The minimum atomic E-state index is -1.14. The van der Waals surface area contributed by atoms with Gasteiger partial charge in [-0.2, -0.15) is 0 Å². The minimum absolute atomic E-state index is 0.0164. The van der Waals surface area contributed by atoms with Gasteiger partial charge in [0.1, 0.15) is 17.1 Å². The number of anilines is 1. The smallest absolute Gasteiger partial charge is 0.336 e. The van der Waals surface area contributed by atoms with E-state index in [-0.39, 0.29) is 22.5 Å². The van der Waals surface area contributed by atoms with Crippen LogP contribution < -0.4 is 21.8 Å². The van der Waals surface area contributed by atoms with Crippen molar-refractivity contribution >= 4 is 40.0 Å². The highest BCUT2D eigenvalue weighted by Crippen LogP contribution is 2.42. The van der Waals surface area contributed by atoms with Gasteiger partial charge in [0.2, 0.25) is 0 Å². The van der Waals surface area contributed by atoms with E-state index in [2.05, 4.69) is 10.6 Å². The van der Waals surface area contributed by atoms with Crippen molar-refractivity contribution in [1.29, 1.82) is 0 Å². The second-order valence-electron chi connectivity index (χ2n) is 7.66. The number of carboxylic acid groups (broad SMARTS) is 1. The van der Waals surface area contributed by atoms with Gasteiger partial charge in [-0.25, -0.2) is 4.79 Å². The summed E-state index contributed by atoms with van der Waals surface area (Å²) in [6, 6.07) is 13.8. The summed E-state index contributed by atoms with van der Waals surface area (Å²) in [6.45, 7) is 1.79. The highest BCUT2D eigenvalue weighted by molar-refractivity contribution is 7.80. The van der Waals surface area contributed by atoms with Crippen molar-refractivity contribution in [3.63, 3.8) is 0 Å². The number of aromatic hydroxyl groups is 1. The van der Waals surface area contributed by atoms with Crippen molar-refractivity contribution < 1.29 is 24.2 Å². The number of hydrogen-bond donors (Lipinski definition) is 5. The summed E-state index contributed by atoms with van der Waals surface area (Å²) in [5.41, 5.74) is 7.52. The van der Waals surface area contributed by atoms with Crippen LogP contribution >= 0.6 is 12.2 Å². The number of thiocarbonyl (C=S) groups is 1. The van der Waals surface area contributed by atoms with Crippen LogP contribution in [0.1, 0.15) is 10.4 Å². The molecular weight excluding hydrogens is 470 g/mol. The van der Waals surface area contributed by atoms with Crippen molar-refractivity contribution in [2.75, 3.05) is 31.6 Å². The van der Waals surface area contributed by atoms with E-state index >= 15 is 0 Å². The Balaban J connectivity index is 1.74. The molecule has 1 aliphatic heterocycles. The van der Waals surface area contributed by atoms with E-state index in [1.54, 1.807) is 24.3 Å². The Morgan fingerprint density at radius 2 is 1.86 bits per heavy atom. The second-order valence-corrected chi connectivity index (χ2v) is 8.07. The van der Waals surface area contributed by atoms with E-state index < -0.39 is 5.97 Å². The lowest BCUT2D eigenvalue weighted by Crippen LogP contribution is -2.31. The number of rotatable bonds is 8. The largest absolute Gasteiger partial charge is 0.508 e. The first-order valence-corrected chi connectivity index (χ1v) is 11.2. The van der Waals surface area contributed by atoms with E-state index in [0.29, 0.717) is 64.8 Å². The molecule has 0 fully saturated rings. The molecule has 0 atom stereocenters. The van der Waals surface area contributed by atoms with Crippen LogP contribution in [0.15, 0.2) is 63.8 Å². The Morgan fingerprint density at radius 1 is 1.06 bits per heavy atom. The third kappa shape index (κ3) is 5.40. The van der Waals surface area contributed by atoms with E-state index in [9.17, 15) is 19.8 Å². The van der Waals surface area contributed by atoms with Gasteiger partial charge in [-0.05, 0) is 54.2 Å². The van der Waals surface area contributed by atoms with Crippen molar-refractivity contribution in [2.24, 2.45) is 5.73 Å². The van der Waals surface area contributed by atoms with Crippen LogP contribution in [0.5, 0.6) is 5.75 Å². The zero-order chi connectivity index (χ0) is 24.9. The van der Waals surface area contributed by atoms with Crippen molar-refractivity contribution in [3.8, 4) is 28.2 Å². The average molecular weight is 494 g/mol. The number of benzene rings is 3. The molecule has 0 unspecified atom stereocenters. The molecule has 180 valence electrons. The molecule has 1 aliphatic carbocycles. The first kappa shape index (κ1) is 24.1. The van der Waals surface area contributed by atoms with Crippen LogP contribution in [0.4, 0.5) is 5.69 Å². The molecule has 1 heterocycles. The van der Waals surface area contributed by atoms with Gasteiger partial charge in [-0.15, -0.1) is 0 Å². The van der Waals surface area contributed by atoms with E-state index in [1.807, 2.05) is 0 Å². The predicted molar refractivity (Wildman–Crippen MR) is 137 cm³/mol. The summed E-state index contributed by atoms with van der Waals surface area (Å²) in [7, 11) is 0. The monoisotopic (exact) mass is 493 g/mol. The molecule has 10 heteroatoms. The fourth-order valence-electron chi connectivity index (χ4n) is 3.76. The highest BCUT2D eigenvalue weighted by Gasteiger charge is 2.22. The Kier molecular flexibility index (Phi) is 7.25. The van der Waals surface area contributed by atoms with Gasteiger partial charge in [-0.1, -0.05) is 6.07 Å². The molecule has 0 saturated carbocycles. The Bertz CT molecular complexity index is 1430. The van der Waals surface area contributed by atoms with E-state index in [1.165, 1.54) is 30.3 Å². The first-order valence-electron chi connectivity index (χ1n) is 10.8. The average Bonchev–Trinajstić information content (AvgIpc) is 2.82. The zero-order valence-electron chi connectivity index (χ0n) is 18.5. The topological polar surface area (TPSA) is 147 Å². The molecule has 0 amide bonds. The van der Waals surface area contributed by atoms with E-state index in [0.717, 1.165) is 0 Å². The molecule has 35 heavy (non-hydrogen) atoms. The third-order valence-electron chi connectivity index (χ3n) is 5.25. The second kappa shape index (κ2) is 10.5. The lowest BCUT2D eigenvalue weighted by atomic mass is 9.90. The molecule has 2 aromatic rings. The number of carbonyl (C=O) groups is 1. The Hall–Kier alpha value is -3.99. The number of phenolic OH excluding ortho intramolecular Hbond substituents is 1. The number of carboxylic acids is 1. The number of phenols is 1. The molecule has 0 bridgehead atoms. The van der Waals surface area contributed by atoms with Gasteiger partial charge in [0.05, 0.1) is 18.8 Å².